The highest BCUT2D eigenvalue weighted by atomic mass is 79.9. The minimum absolute atomic E-state index is 0.0120. The highest BCUT2D eigenvalue weighted by molar-refractivity contribution is 9.10. The molecule has 2 rings (SSSR count). The number of hydrogen-bond acceptors (Lipinski definition) is 2. The number of para-hydroxylation sites is 1. The molecule has 2 atom stereocenters. The molecule has 0 aliphatic heterocycles. The Labute approximate surface area is 123 Å². The van der Waals surface area contributed by atoms with Gasteiger partial charge in [0.25, 0.3) is 0 Å². The summed E-state index contributed by atoms with van der Waals surface area (Å²) in [5, 5.41) is 6.16. The third-order valence-electron chi connectivity index (χ3n) is 3.67. The Morgan fingerprint density at radius 1 is 1.37 bits per heavy atom. The second kappa shape index (κ2) is 7.06. The van der Waals surface area contributed by atoms with E-state index in [4.69, 9.17) is 0 Å². The molecule has 0 heterocycles. The fourth-order valence-electron chi connectivity index (χ4n) is 2.66. The summed E-state index contributed by atoms with van der Waals surface area (Å²) in [5.74, 6) is 1.60. The van der Waals surface area contributed by atoms with Crippen LogP contribution in [-0.2, 0) is 4.79 Å². The normalized spacial score (nSPS) is 22.4. The highest BCUT2D eigenvalue weighted by Crippen LogP contribution is 2.29. The number of carbonyl (C=O) groups excluding carboxylic acids is 1. The monoisotopic (exact) mass is 324 g/mol. The number of hydrogen-bond donors (Lipinski definition) is 2. The maximum absolute atomic E-state index is 11.8. The number of carbonyl (C=O) groups is 1. The lowest BCUT2D eigenvalue weighted by molar-refractivity contribution is -0.115. The number of halogens is 1. The van der Waals surface area contributed by atoms with Gasteiger partial charge < -0.3 is 10.6 Å². The molecule has 104 valence electrons. The van der Waals surface area contributed by atoms with Crippen LogP contribution in [0.1, 0.15) is 26.2 Å². The van der Waals surface area contributed by atoms with Crippen molar-refractivity contribution in [1.82, 2.24) is 5.32 Å². The Bertz CT molecular complexity index is 436. The van der Waals surface area contributed by atoms with E-state index >= 15 is 0 Å². The van der Waals surface area contributed by atoms with Crippen LogP contribution in [-0.4, -0.2) is 19.0 Å². The minimum Gasteiger partial charge on any atom is -0.324 e. The van der Waals surface area contributed by atoms with Gasteiger partial charge in [-0.2, -0.15) is 0 Å². The molecule has 1 amide bonds. The van der Waals surface area contributed by atoms with Crippen LogP contribution in [0.2, 0.25) is 0 Å². The summed E-state index contributed by atoms with van der Waals surface area (Å²) in [5.41, 5.74) is 0.823. The van der Waals surface area contributed by atoms with E-state index in [0.29, 0.717) is 6.54 Å². The number of amides is 1. The Balaban J connectivity index is 1.69. The maximum atomic E-state index is 11.8. The number of anilines is 1. The van der Waals surface area contributed by atoms with Gasteiger partial charge in [-0.25, -0.2) is 0 Å². The molecule has 0 aromatic heterocycles. The van der Waals surface area contributed by atoms with Gasteiger partial charge in [-0.05, 0) is 59.3 Å². The van der Waals surface area contributed by atoms with Crippen molar-refractivity contribution in [3.63, 3.8) is 0 Å². The third kappa shape index (κ3) is 4.62. The molecule has 1 aliphatic carbocycles. The average molecular weight is 325 g/mol. The molecular formula is C15H21BrN2O. The van der Waals surface area contributed by atoms with Gasteiger partial charge in [0.1, 0.15) is 0 Å². The van der Waals surface area contributed by atoms with Crippen molar-refractivity contribution in [2.45, 2.75) is 26.2 Å². The fourth-order valence-corrected chi connectivity index (χ4v) is 3.04. The molecule has 1 saturated carbocycles. The van der Waals surface area contributed by atoms with Crippen LogP contribution in [0.3, 0.4) is 0 Å². The molecule has 2 N–H and O–H groups in total. The van der Waals surface area contributed by atoms with Crippen LogP contribution in [0, 0.1) is 11.8 Å². The molecule has 4 heteroatoms. The first-order valence-electron chi connectivity index (χ1n) is 6.90. The lowest BCUT2D eigenvalue weighted by Crippen LogP contribution is -2.31. The van der Waals surface area contributed by atoms with E-state index in [2.05, 4.69) is 33.5 Å². The summed E-state index contributed by atoms with van der Waals surface area (Å²) < 4.78 is 0.910. The molecule has 1 aromatic rings. The zero-order chi connectivity index (χ0) is 13.7. The third-order valence-corrected chi connectivity index (χ3v) is 4.36. The molecule has 1 fully saturated rings. The lowest BCUT2D eigenvalue weighted by Gasteiger charge is -2.11. The minimum atomic E-state index is 0.0120. The largest absolute Gasteiger partial charge is 0.324 e. The first-order valence-corrected chi connectivity index (χ1v) is 7.69. The summed E-state index contributed by atoms with van der Waals surface area (Å²) in [4.78, 5) is 11.8. The molecule has 0 bridgehead atoms. The highest BCUT2D eigenvalue weighted by Gasteiger charge is 2.20. The van der Waals surface area contributed by atoms with E-state index in [1.807, 2.05) is 24.3 Å². The first-order chi connectivity index (χ1) is 9.15. The van der Waals surface area contributed by atoms with Gasteiger partial charge in [-0.15, -0.1) is 0 Å². The van der Waals surface area contributed by atoms with Gasteiger partial charge in [0.15, 0.2) is 0 Å². The average Bonchev–Trinajstić information content (AvgIpc) is 2.78. The van der Waals surface area contributed by atoms with Crippen molar-refractivity contribution >= 4 is 27.5 Å². The zero-order valence-corrected chi connectivity index (χ0v) is 12.9. The Hall–Kier alpha value is -0.870. The predicted molar refractivity (Wildman–Crippen MR) is 82.1 cm³/mol. The summed E-state index contributed by atoms with van der Waals surface area (Å²) in [6, 6.07) is 7.65. The Kier molecular flexibility index (Phi) is 5.40. The van der Waals surface area contributed by atoms with E-state index in [1.165, 1.54) is 19.3 Å². The smallest absolute Gasteiger partial charge is 0.238 e. The van der Waals surface area contributed by atoms with Crippen LogP contribution >= 0.6 is 15.9 Å². The first kappa shape index (κ1) is 14.5. The summed E-state index contributed by atoms with van der Waals surface area (Å²) in [6.07, 6.45) is 3.91. The van der Waals surface area contributed by atoms with Crippen LogP contribution in [0.15, 0.2) is 28.7 Å². The molecule has 19 heavy (non-hydrogen) atoms. The van der Waals surface area contributed by atoms with Gasteiger partial charge in [0.2, 0.25) is 5.91 Å². The van der Waals surface area contributed by atoms with Crippen molar-refractivity contribution in [1.29, 1.82) is 0 Å². The molecule has 2 unspecified atom stereocenters. The van der Waals surface area contributed by atoms with Crippen molar-refractivity contribution in [2.75, 3.05) is 18.4 Å². The van der Waals surface area contributed by atoms with Crippen molar-refractivity contribution in [2.24, 2.45) is 11.8 Å². The number of nitrogens with one attached hydrogen (secondary N) is 2. The summed E-state index contributed by atoms with van der Waals surface area (Å²) >= 11 is 3.42. The molecular weight excluding hydrogens is 304 g/mol. The number of rotatable bonds is 5. The van der Waals surface area contributed by atoms with Crippen LogP contribution < -0.4 is 10.6 Å². The SMILES string of the molecule is CC1CCC(CNCC(=O)Nc2ccccc2Br)C1. The molecule has 0 radical (unpaired) electrons. The van der Waals surface area contributed by atoms with Crippen molar-refractivity contribution < 1.29 is 4.79 Å². The van der Waals surface area contributed by atoms with Crippen LogP contribution in [0.5, 0.6) is 0 Å². The molecule has 3 nitrogen and oxygen atoms in total. The van der Waals surface area contributed by atoms with Gasteiger partial charge >= 0.3 is 0 Å². The van der Waals surface area contributed by atoms with E-state index in [0.717, 1.165) is 28.5 Å². The molecule has 0 saturated heterocycles. The van der Waals surface area contributed by atoms with Gasteiger partial charge in [0.05, 0.1) is 12.2 Å². The summed E-state index contributed by atoms with van der Waals surface area (Å²) in [6.45, 7) is 3.64. The van der Waals surface area contributed by atoms with Gasteiger partial charge in [-0.3, -0.25) is 4.79 Å². The van der Waals surface area contributed by atoms with Crippen LogP contribution in [0.25, 0.3) is 0 Å². The second-order valence-corrected chi connectivity index (χ2v) is 6.30. The fraction of sp³-hybridized carbons (Fsp3) is 0.533. The maximum Gasteiger partial charge on any atom is 0.238 e. The van der Waals surface area contributed by atoms with Crippen molar-refractivity contribution in [3.05, 3.63) is 28.7 Å². The summed E-state index contributed by atoms with van der Waals surface area (Å²) in [7, 11) is 0. The van der Waals surface area contributed by atoms with E-state index < -0.39 is 0 Å². The van der Waals surface area contributed by atoms with E-state index in [-0.39, 0.29) is 5.91 Å². The second-order valence-electron chi connectivity index (χ2n) is 5.44. The Morgan fingerprint density at radius 2 is 2.16 bits per heavy atom. The van der Waals surface area contributed by atoms with Crippen molar-refractivity contribution in [3.8, 4) is 0 Å². The number of benzene rings is 1. The molecule has 1 aromatic carbocycles. The Morgan fingerprint density at radius 3 is 2.84 bits per heavy atom. The van der Waals surface area contributed by atoms with E-state index in [9.17, 15) is 4.79 Å². The lowest BCUT2D eigenvalue weighted by atomic mass is 10.1. The topological polar surface area (TPSA) is 41.1 Å². The predicted octanol–water partition coefficient (Wildman–Crippen LogP) is 3.41. The molecule has 1 aliphatic rings. The zero-order valence-electron chi connectivity index (χ0n) is 11.3. The van der Waals surface area contributed by atoms with Crippen LogP contribution in [0.4, 0.5) is 5.69 Å². The molecule has 0 spiro atoms. The van der Waals surface area contributed by atoms with Gasteiger partial charge in [-0.1, -0.05) is 25.5 Å². The standard InChI is InChI=1S/C15H21BrN2O/c1-11-6-7-12(8-11)9-17-10-15(19)18-14-5-3-2-4-13(14)16/h2-5,11-12,17H,6-10H2,1H3,(H,18,19). The quantitative estimate of drug-likeness (QED) is 0.871. The van der Waals surface area contributed by atoms with E-state index in [1.54, 1.807) is 0 Å². The van der Waals surface area contributed by atoms with Gasteiger partial charge in [0, 0.05) is 4.47 Å².